The van der Waals surface area contributed by atoms with E-state index < -0.39 is 0 Å². The minimum atomic E-state index is -0.300. The van der Waals surface area contributed by atoms with Gasteiger partial charge in [-0.2, -0.15) is 0 Å². The van der Waals surface area contributed by atoms with Gasteiger partial charge in [0.2, 0.25) is 0 Å². The Balaban J connectivity index is 2.43. The van der Waals surface area contributed by atoms with E-state index in [1.165, 1.54) is 4.90 Å². The molecule has 1 rings (SSSR count). The Kier molecular flexibility index (Phi) is 5.84. The zero-order chi connectivity index (χ0) is 12.7. The van der Waals surface area contributed by atoms with E-state index in [4.69, 9.17) is 4.74 Å². The van der Waals surface area contributed by atoms with E-state index in [-0.39, 0.29) is 12.1 Å². The third-order valence-electron chi connectivity index (χ3n) is 2.26. The minimum Gasteiger partial charge on any atom is -0.458 e. The zero-order valence-corrected chi connectivity index (χ0v) is 11.1. The fourth-order valence-electron chi connectivity index (χ4n) is 1.19. The predicted octanol–water partition coefficient (Wildman–Crippen LogP) is 3.68. The van der Waals surface area contributed by atoms with Crippen molar-refractivity contribution in [2.24, 2.45) is 0 Å². The van der Waals surface area contributed by atoms with E-state index in [1.54, 1.807) is 18.7 Å². The molecule has 17 heavy (non-hydrogen) atoms. The summed E-state index contributed by atoms with van der Waals surface area (Å²) in [4.78, 5) is 12.6. The van der Waals surface area contributed by atoms with Gasteiger partial charge in [0, 0.05) is 16.2 Å². The average molecular weight is 250 g/mol. The first-order valence-electron chi connectivity index (χ1n) is 5.67. The second-order valence-electron chi connectivity index (χ2n) is 3.84. The van der Waals surface area contributed by atoms with Crippen LogP contribution < -0.4 is 0 Å². The Morgan fingerprint density at radius 2 is 2.06 bits per heavy atom. The summed E-state index contributed by atoms with van der Waals surface area (Å²) in [6, 6.07) is 10.1. The van der Waals surface area contributed by atoms with Gasteiger partial charge in [-0.15, -0.1) is 11.8 Å². The maximum Gasteiger partial charge on any atom is 0.333 e. The van der Waals surface area contributed by atoms with Gasteiger partial charge in [-0.25, -0.2) is 4.79 Å². The van der Waals surface area contributed by atoms with Crippen LogP contribution in [0, 0.1) is 0 Å². The highest BCUT2D eigenvalue weighted by Gasteiger charge is 2.13. The Morgan fingerprint density at radius 1 is 1.41 bits per heavy atom. The largest absolute Gasteiger partial charge is 0.458 e. The maximum absolute atomic E-state index is 11.4. The standard InChI is InChI=1S/C14H18O2S/c1-4-12(16-14(15)11(2)3)10-17-13-8-6-5-7-9-13/h5-9,12H,2,4,10H2,1,3H3. The van der Waals surface area contributed by atoms with Crippen molar-refractivity contribution in [1.29, 1.82) is 0 Å². The molecule has 1 unspecified atom stereocenters. The molecule has 0 radical (unpaired) electrons. The minimum absolute atomic E-state index is 0.0515. The van der Waals surface area contributed by atoms with Crippen molar-refractivity contribution in [2.75, 3.05) is 5.75 Å². The zero-order valence-electron chi connectivity index (χ0n) is 10.3. The molecule has 0 N–H and O–H groups in total. The monoisotopic (exact) mass is 250 g/mol. The van der Waals surface area contributed by atoms with Crippen molar-refractivity contribution in [2.45, 2.75) is 31.3 Å². The first kappa shape index (κ1) is 13.8. The number of thioether (sulfide) groups is 1. The number of benzene rings is 1. The molecule has 0 saturated heterocycles. The van der Waals surface area contributed by atoms with Crippen molar-refractivity contribution in [3.8, 4) is 0 Å². The molecule has 92 valence electrons. The van der Waals surface area contributed by atoms with Crippen LogP contribution in [0.1, 0.15) is 20.3 Å². The summed E-state index contributed by atoms with van der Waals surface area (Å²) in [7, 11) is 0. The van der Waals surface area contributed by atoms with Crippen molar-refractivity contribution < 1.29 is 9.53 Å². The van der Waals surface area contributed by atoms with E-state index >= 15 is 0 Å². The highest BCUT2D eigenvalue weighted by atomic mass is 32.2. The molecule has 2 nitrogen and oxygen atoms in total. The smallest absolute Gasteiger partial charge is 0.333 e. The molecular weight excluding hydrogens is 232 g/mol. The molecule has 0 bridgehead atoms. The maximum atomic E-state index is 11.4. The van der Waals surface area contributed by atoms with E-state index in [0.29, 0.717) is 5.57 Å². The lowest BCUT2D eigenvalue weighted by Crippen LogP contribution is -2.20. The summed E-state index contributed by atoms with van der Waals surface area (Å²) in [6.45, 7) is 7.26. The Morgan fingerprint density at radius 3 is 2.59 bits per heavy atom. The molecule has 1 atom stereocenters. The number of hydrogen-bond donors (Lipinski definition) is 0. The van der Waals surface area contributed by atoms with Crippen LogP contribution >= 0.6 is 11.8 Å². The number of ether oxygens (including phenoxy) is 1. The lowest BCUT2D eigenvalue weighted by atomic mass is 10.3. The molecule has 0 aromatic heterocycles. The van der Waals surface area contributed by atoms with Gasteiger partial charge < -0.3 is 4.74 Å². The predicted molar refractivity (Wildman–Crippen MR) is 72.2 cm³/mol. The van der Waals surface area contributed by atoms with Crippen LogP contribution in [0.15, 0.2) is 47.4 Å². The first-order chi connectivity index (χ1) is 8.13. The third-order valence-corrected chi connectivity index (χ3v) is 3.40. The fourth-order valence-corrected chi connectivity index (χ4v) is 2.22. The van der Waals surface area contributed by atoms with Gasteiger partial charge in [0.05, 0.1) is 0 Å². The highest BCUT2D eigenvalue weighted by Crippen LogP contribution is 2.20. The number of rotatable bonds is 6. The van der Waals surface area contributed by atoms with Crippen LogP contribution in [0.2, 0.25) is 0 Å². The molecule has 0 aliphatic carbocycles. The lowest BCUT2D eigenvalue weighted by Gasteiger charge is -2.15. The van der Waals surface area contributed by atoms with Crippen LogP contribution in [-0.2, 0) is 9.53 Å². The number of carbonyl (C=O) groups excluding carboxylic acids is 1. The van der Waals surface area contributed by atoms with Crippen molar-refractivity contribution in [3.05, 3.63) is 42.5 Å². The molecule has 0 amide bonds. The van der Waals surface area contributed by atoms with Crippen molar-refractivity contribution in [3.63, 3.8) is 0 Å². The number of hydrogen-bond acceptors (Lipinski definition) is 3. The van der Waals surface area contributed by atoms with E-state index in [0.717, 1.165) is 12.2 Å². The number of esters is 1. The quantitative estimate of drug-likeness (QED) is 0.438. The molecule has 0 aliphatic rings. The molecule has 3 heteroatoms. The molecule has 0 fully saturated rings. The van der Waals surface area contributed by atoms with Gasteiger partial charge in [-0.1, -0.05) is 31.7 Å². The second-order valence-corrected chi connectivity index (χ2v) is 4.93. The second kappa shape index (κ2) is 7.17. The molecule has 0 saturated carbocycles. The van der Waals surface area contributed by atoms with Gasteiger partial charge in [-0.3, -0.25) is 0 Å². The molecule has 1 aromatic rings. The molecular formula is C14H18O2S. The highest BCUT2D eigenvalue weighted by molar-refractivity contribution is 7.99. The van der Waals surface area contributed by atoms with Gasteiger partial charge >= 0.3 is 5.97 Å². The SMILES string of the molecule is C=C(C)C(=O)OC(CC)CSc1ccccc1. The van der Waals surface area contributed by atoms with Gasteiger partial charge in [0.1, 0.15) is 6.10 Å². The normalized spacial score (nSPS) is 11.9. The van der Waals surface area contributed by atoms with Crippen LogP contribution in [-0.4, -0.2) is 17.8 Å². The lowest BCUT2D eigenvalue weighted by molar-refractivity contribution is -0.143. The summed E-state index contributed by atoms with van der Waals surface area (Å²) < 4.78 is 5.32. The topological polar surface area (TPSA) is 26.3 Å². The van der Waals surface area contributed by atoms with E-state index in [9.17, 15) is 4.79 Å². The fraction of sp³-hybridized carbons (Fsp3) is 0.357. The van der Waals surface area contributed by atoms with E-state index in [1.807, 2.05) is 25.1 Å². The Labute approximate surface area is 107 Å². The summed E-state index contributed by atoms with van der Waals surface area (Å²) in [6.07, 6.45) is 0.767. The van der Waals surface area contributed by atoms with Gasteiger partial charge in [0.25, 0.3) is 0 Å². The summed E-state index contributed by atoms with van der Waals surface area (Å²) >= 11 is 1.70. The van der Waals surface area contributed by atoms with Crippen LogP contribution in [0.4, 0.5) is 0 Å². The van der Waals surface area contributed by atoms with Crippen LogP contribution in [0.5, 0.6) is 0 Å². The Bertz CT molecular complexity index is 373. The van der Waals surface area contributed by atoms with E-state index in [2.05, 4.69) is 18.7 Å². The first-order valence-corrected chi connectivity index (χ1v) is 6.66. The molecule has 0 spiro atoms. The van der Waals surface area contributed by atoms with Crippen molar-refractivity contribution in [1.82, 2.24) is 0 Å². The average Bonchev–Trinajstić information content (AvgIpc) is 2.35. The summed E-state index contributed by atoms with van der Waals surface area (Å²) in [5, 5.41) is 0. The molecule has 0 aliphatic heterocycles. The van der Waals surface area contributed by atoms with Crippen LogP contribution in [0.3, 0.4) is 0 Å². The molecule has 1 aromatic carbocycles. The van der Waals surface area contributed by atoms with Gasteiger partial charge in [0.15, 0.2) is 0 Å². The Hall–Kier alpha value is -1.22. The van der Waals surface area contributed by atoms with Crippen LogP contribution in [0.25, 0.3) is 0 Å². The molecule has 0 heterocycles. The summed E-state index contributed by atoms with van der Waals surface area (Å²) in [5.74, 6) is 0.477. The third kappa shape index (κ3) is 5.09. The van der Waals surface area contributed by atoms with Crippen molar-refractivity contribution >= 4 is 17.7 Å². The van der Waals surface area contributed by atoms with Gasteiger partial charge in [-0.05, 0) is 25.5 Å². The summed E-state index contributed by atoms with van der Waals surface area (Å²) in [5.41, 5.74) is 0.452. The number of carbonyl (C=O) groups is 1.